The fraction of sp³-hybridized carbons (Fsp3) is 0.550. The molecular formula is C20H22F3N5. The lowest BCUT2D eigenvalue weighted by atomic mass is 9.83. The van der Waals surface area contributed by atoms with E-state index in [9.17, 15) is 13.2 Å². The third-order valence-corrected chi connectivity index (χ3v) is 6.35. The summed E-state index contributed by atoms with van der Waals surface area (Å²) in [5.74, 6) is 1.60. The molecule has 3 fully saturated rings. The monoisotopic (exact) mass is 389 g/mol. The van der Waals surface area contributed by atoms with E-state index in [1.165, 1.54) is 31.5 Å². The molecule has 148 valence electrons. The van der Waals surface area contributed by atoms with Crippen LogP contribution < -0.4 is 4.90 Å². The van der Waals surface area contributed by atoms with Gasteiger partial charge in [0.05, 0.1) is 0 Å². The highest BCUT2D eigenvalue weighted by molar-refractivity contribution is 5.44. The summed E-state index contributed by atoms with van der Waals surface area (Å²) in [6.45, 7) is 2.44. The first-order valence-corrected chi connectivity index (χ1v) is 9.82. The number of hydrogen-bond donors (Lipinski definition) is 0. The number of anilines is 1. The van der Waals surface area contributed by atoms with E-state index in [4.69, 9.17) is 0 Å². The third-order valence-electron chi connectivity index (χ3n) is 6.35. The van der Waals surface area contributed by atoms with E-state index < -0.39 is 11.9 Å². The van der Waals surface area contributed by atoms with E-state index in [1.54, 1.807) is 6.33 Å². The maximum Gasteiger partial charge on any atom is 0.433 e. The van der Waals surface area contributed by atoms with Crippen LogP contribution in [0, 0.1) is 0 Å². The second kappa shape index (κ2) is 6.69. The van der Waals surface area contributed by atoms with Crippen LogP contribution in [0.15, 0.2) is 30.7 Å². The molecule has 1 aliphatic carbocycles. The Hall–Kier alpha value is -2.22. The zero-order valence-corrected chi connectivity index (χ0v) is 15.4. The largest absolute Gasteiger partial charge is 0.433 e. The smallest absolute Gasteiger partial charge is 0.351 e. The van der Waals surface area contributed by atoms with Crippen molar-refractivity contribution in [2.45, 2.75) is 56.4 Å². The Balaban J connectivity index is 1.24. The highest BCUT2D eigenvalue weighted by atomic mass is 19.4. The summed E-state index contributed by atoms with van der Waals surface area (Å²) >= 11 is 0. The van der Waals surface area contributed by atoms with Crippen molar-refractivity contribution in [2.75, 3.05) is 18.0 Å². The summed E-state index contributed by atoms with van der Waals surface area (Å²) in [5, 5.41) is 0. The van der Waals surface area contributed by atoms with Crippen molar-refractivity contribution < 1.29 is 13.2 Å². The van der Waals surface area contributed by atoms with Crippen molar-refractivity contribution >= 4 is 5.82 Å². The third kappa shape index (κ3) is 3.23. The van der Waals surface area contributed by atoms with E-state index in [0.29, 0.717) is 24.5 Å². The van der Waals surface area contributed by atoms with Gasteiger partial charge in [0.25, 0.3) is 0 Å². The van der Waals surface area contributed by atoms with E-state index >= 15 is 0 Å². The number of alkyl halides is 3. The Bertz CT molecular complexity index is 850. The van der Waals surface area contributed by atoms with Gasteiger partial charge in [0.2, 0.25) is 0 Å². The number of rotatable bonds is 4. The standard InChI is InChI=1S/C20H22F3N5/c21-20(22,23)18-5-4-13(8-24-18)9-27-10-16-6-15(27)11-28(16)19-7-17(25-12-26-19)14-2-1-3-14/h4-5,7-8,12,14-16H,1-3,6,9-11H2. The number of hydrogen-bond acceptors (Lipinski definition) is 5. The van der Waals surface area contributed by atoms with Gasteiger partial charge in [-0.15, -0.1) is 0 Å². The number of aromatic nitrogens is 3. The molecule has 2 aromatic rings. The molecule has 2 saturated heterocycles. The van der Waals surface area contributed by atoms with Crippen molar-refractivity contribution in [1.29, 1.82) is 0 Å². The van der Waals surface area contributed by atoms with E-state index in [0.717, 1.165) is 42.7 Å². The van der Waals surface area contributed by atoms with Crippen LogP contribution in [0.3, 0.4) is 0 Å². The van der Waals surface area contributed by atoms with Gasteiger partial charge in [-0.05, 0) is 30.9 Å². The highest BCUT2D eigenvalue weighted by Gasteiger charge is 2.43. The Morgan fingerprint density at radius 2 is 1.89 bits per heavy atom. The maximum atomic E-state index is 12.7. The second-order valence-electron chi connectivity index (χ2n) is 8.10. The molecule has 2 aliphatic heterocycles. The average Bonchev–Trinajstić information content (AvgIpc) is 3.20. The normalized spacial score (nSPS) is 25.3. The van der Waals surface area contributed by atoms with Crippen LogP contribution in [-0.4, -0.2) is 45.0 Å². The van der Waals surface area contributed by atoms with Gasteiger partial charge in [-0.3, -0.25) is 9.88 Å². The first-order valence-electron chi connectivity index (χ1n) is 9.82. The van der Waals surface area contributed by atoms with Crippen LogP contribution in [-0.2, 0) is 12.7 Å². The zero-order chi connectivity index (χ0) is 19.3. The molecule has 2 atom stereocenters. The number of pyridine rings is 1. The van der Waals surface area contributed by atoms with E-state index in [2.05, 4.69) is 30.8 Å². The summed E-state index contributed by atoms with van der Waals surface area (Å²) in [5.41, 5.74) is 1.14. The predicted molar refractivity (Wildman–Crippen MR) is 97.8 cm³/mol. The summed E-state index contributed by atoms with van der Waals surface area (Å²) < 4.78 is 38.0. The molecule has 1 saturated carbocycles. The van der Waals surface area contributed by atoms with Crippen LogP contribution >= 0.6 is 0 Å². The summed E-state index contributed by atoms with van der Waals surface area (Å²) in [6.07, 6.45) is 3.43. The minimum atomic E-state index is -4.39. The Labute approximate surface area is 161 Å². The van der Waals surface area contributed by atoms with Crippen LogP contribution in [0.5, 0.6) is 0 Å². The molecule has 2 bridgehead atoms. The molecule has 0 aromatic carbocycles. The first-order chi connectivity index (χ1) is 13.5. The average molecular weight is 389 g/mol. The molecule has 4 heterocycles. The molecular weight excluding hydrogens is 367 g/mol. The van der Waals surface area contributed by atoms with Gasteiger partial charge in [-0.25, -0.2) is 9.97 Å². The SMILES string of the molecule is FC(F)(F)c1ccc(CN2CC3CC2CN3c2cc(C3CCC3)ncn2)cn1. The predicted octanol–water partition coefficient (Wildman–Crippen LogP) is 3.62. The number of likely N-dealkylation sites (tertiary alicyclic amines) is 1. The van der Waals surface area contributed by atoms with Crippen molar-refractivity contribution in [3.05, 3.63) is 47.7 Å². The molecule has 0 radical (unpaired) electrons. The van der Waals surface area contributed by atoms with Crippen molar-refractivity contribution in [3.63, 3.8) is 0 Å². The van der Waals surface area contributed by atoms with Gasteiger partial charge in [0.15, 0.2) is 0 Å². The lowest BCUT2D eigenvalue weighted by Crippen LogP contribution is -2.46. The summed E-state index contributed by atoms with van der Waals surface area (Å²) in [7, 11) is 0. The number of fused-ring (bicyclic) bond motifs is 2. The molecule has 28 heavy (non-hydrogen) atoms. The minimum absolute atomic E-state index is 0.398. The number of piperazine rings is 1. The van der Waals surface area contributed by atoms with Crippen molar-refractivity contribution in [3.8, 4) is 0 Å². The topological polar surface area (TPSA) is 45.2 Å². The van der Waals surface area contributed by atoms with Gasteiger partial charge in [-0.1, -0.05) is 12.5 Å². The zero-order valence-electron chi connectivity index (χ0n) is 15.4. The summed E-state index contributed by atoms with van der Waals surface area (Å²) in [4.78, 5) is 17.3. The number of nitrogens with zero attached hydrogens (tertiary/aromatic N) is 5. The van der Waals surface area contributed by atoms with Gasteiger partial charge in [-0.2, -0.15) is 13.2 Å². The van der Waals surface area contributed by atoms with Crippen molar-refractivity contribution in [1.82, 2.24) is 19.9 Å². The van der Waals surface area contributed by atoms with Crippen molar-refractivity contribution in [2.24, 2.45) is 0 Å². The molecule has 0 spiro atoms. The Morgan fingerprint density at radius 3 is 2.50 bits per heavy atom. The fourth-order valence-corrected chi connectivity index (χ4v) is 4.59. The molecule has 2 aromatic heterocycles. The highest BCUT2D eigenvalue weighted by Crippen LogP contribution is 2.38. The molecule has 0 N–H and O–H groups in total. The molecule has 5 rings (SSSR count). The van der Waals surface area contributed by atoms with Crippen LogP contribution in [0.1, 0.15) is 48.6 Å². The minimum Gasteiger partial charge on any atom is -0.351 e. The summed E-state index contributed by atoms with van der Waals surface area (Å²) in [6, 6.07) is 5.55. The van der Waals surface area contributed by atoms with Gasteiger partial charge < -0.3 is 4.90 Å². The lowest BCUT2D eigenvalue weighted by Gasteiger charge is -2.35. The molecule has 8 heteroatoms. The Kier molecular flexibility index (Phi) is 4.26. The van der Waals surface area contributed by atoms with Crippen LogP contribution in [0.25, 0.3) is 0 Å². The maximum absolute atomic E-state index is 12.7. The number of halogens is 3. The second-order valence-corrected chi connectivity index (χ2v) is 8.10. The Morgan fingerprint density at radius 1 is 1.04 bits per heavy atom. The molecule has 2 unspecified atom stereocenters. The van der Waals surface area contributed by atoms with E-state index in [1.807, 2.05) is 0 Å². The van der Waals surface area contributed by atoms with Gasteiger partial charge in [0, 0.05) is 55.6 Å². The molecule has 0 amide bonds. The van der Waals surface area contributed by atoms with Crippen LogP contribution in [0.2, 0.25) is 0 Å². The fourth-order valence-electron chi connectivity index (χ4n) is 4.59. The van der Waals surface area contributed by atoms with Crippen LogP contribution in [0.4, 0.5) is 19.0 Å². The molecule has 5 nitrogen and oxygen atoms in total. The first kappa shape index (κ1) is 17.8. The van der Waals surface area contributed by atoms with E-state index in [-0.39, 0.29) is 0 Å². The quantitative estimate of drug-likeness (QED) is 0.799. The lowest BCUT2D eigenvalue weighted by molar-refractivity contribution is -0.141. The van der Waals surface area contributed by atoms with Gasteiger partial charge >= 0.3 is 6.18 Å². The van der Waals surface area contributed by atoms with Gasteiger partial charge in [0.1, 0.15) is 17.8 Å². The molecule has 3 aliphatic rings.